The molecule has 3 N–H and O–H groups in total. The number of hydrogen-bond acceptors (Lipinski definition) is 6. The molecule has 8 nitrogen and oxygen atoms in total. The van der Waals surface area contributed by atoms with Crippen LogP contribution in [0.15, 0.2) is 42.5 Å². The van der Waals surface area contributed by atoms with Crippen LogP contribution in [-0.2, 0) is 0 Å². The molecule has 2 heterocycles. The van der Waals surface area contributed by atoms with E-state index in [1.54, 1.807) is 49.4 Å². The largest absolute Gasteiger partial charge is 0.493 e. The molecule has 1 aromatic heterocycles. The van der Waals surface area contributed by atoms with E-state index in [-0.39, 0.29) is 23.0 Å². The molecule has 192 valence electrons. The van der Waals surface area contributed by atoms with Crippen molar-refractivity contribution in [3.8, 4) is 11.5 Å². The highest BCUT2D eigenvalue weighted by Crippen LogP contribution is 2.47. The topological polar surface area (TPSA) is 97.6 Å². The number of alkyl halides is 3. The lowest BCUT2D eigenvalue weighted by Gasteiger charge is -2.33. The highest BCUT2D eigenvalue weighted by Gasteiger charge is 2.48. The second-order valence-corrected chi connectivity index (χ2v) is 8.69. The van der Waals surface area contributed by atoms with E-state index in [1.807, 2.05) is 0 Å². The van der Waals surface area contributed by atoms with Gasteiger partial charge in [-0.05, 0) is 42.3 Å². The Hall–Kier alpha value is -3.44. The van der Waals surface area contributed by atoms with E-state index >= 15 is 0 Å². The van der Waals surface area contributed by atoms with Gasteiger partial charge in [0.2, 0.25) is 0 Å². The van der Waals surface area contributed by atoms with Crippen molar-refractivity contribution in [3.63, 3.8) is 0 Å². The average Bonchev–Trinajstić information content (AvgIpc) is 3.18. The summed E-state index contributed by atoms with van der Waals surface area (Å²) >= 11 is 6.40. The number of rotatable bonds is 6. The Labute approximate surface area is 210 Å². The molecule has 1 amide bonds. The third kappa shape index (κ3) is 4.93. The molecule has 0 fully saturated rings. The first-order chi connectivity index (χ1) is 17.0. The molecule has 36 heavy (non-hydrogen) atoms. The van der Waals surface area contributed by atoms with Gasteiger partial charge in [-0.2, -0.15) is 18.3 Å². The number of ether oxygens (including phenoxy) is 2. The number of nitrogens with one attached hydrogen (secondary N) is 2. The van der Waals surface area contributed by atoms with Crippen molar-refractivity contribution in [1.82, 2.24) is 9.78 Å². The van der Waals surface area contributed by atoms with Gasteiger partial charge in [0.1, 0.15) is 10.8 Å². The molecule has 0 saturated heterocycles. The number of aliphatic hydroxyl groups is 1. The second kappa shape index (κ2) is 9.90. The van der Waals surface area contributed by atoms with Gasteiger partial charge in [-0.3, -0.25) is 4.79 Å². The molecule has 3 atom stereocenters. The number of carbonyl (C=O) groups is 1. The molecule has 0 unspecified atom stereocenters. The number of benzene rings is 2. The first-order valence-electron chi connectivity index (χ1n) is 11.0. The van der Waals surface area contributed by atoms with Crippen molar-refractivity contribution < 1.29 is 32.5 Å². The lowest BCUT2D eigenvalue weighted by Crippen LogP contribution is -2.35. The van der Waals surface area contributed by atoms with Gasteiger partial charge in [-0.1, -0.05) is 29.8 Å². The van der Waals surface area contributed by atoms with Gasteiger partial charge in [-0.25, -0.2) is 4.68 Å². The standard InChI is InChI=1S/C24H24ClF3N4O4/c1-12(33)13-5-4-6-15(9-13)29-23(34)21-20(25)22-30-16(11-19(24(26,27)28)32(22)31-21)14-7-8-17(35-2)18(10-14)36-3/h4-10,12,16,19,30,33H,11H2,1-3H3,(H,29,34)/t12-,16+,19-/m1/s1. The summed E-state index contributed by atoms with van der Waals surface area (Å²) in [5.74, 6) is -0.0981. The number of fused-ring (bicyclic) bond motifs is 1. The molecule has 0 spiro atoms. The number of carbonyl (C=O) groups excluding carboxylic acids is 1. The van der Waals surface area contributed by atoms with Crippen LogP contribution in [-0.4, -0.2) is 41.2 Å². The van der Waals surface area contributed by atoms with Gasteiger partial charge >= 0.3 is 6.18 Å². The Kier molecular flexibility index (Phi) is 7.05. The first-order valence-corrected chi connectivity index (χ1v) is 11.3. The average molecular weight is 525 g/mol. The van der Waals surface area contributed by atoms with Crippen molar-refractivity contribution in [2.75, 3.05) is 24.9 Å². The summed E-state index contributed by atoms with van der Waals surface area (Å²) in [5, 5.41) is 19.0. The van der Waals surface area contributed by atoms with Crippen molar-refractivity contribution in [2.24, 2.45) is 0 Å². The quantitative estimate of drug-likeness (QED) is 0.393. The third-order valence-corrected chi connectivity index (χ3v) is 6.31. The number of amides is 1. The zero-order chi connectivity index (χ0) is 26.2. The summed E-state index contributed by atoms with van der Waals surface area (Å²) in [6, 6.07) is 8.45. The van der Waals surface area contributed by atoms with Crippen LogP contribution in [0, 0.1) is 0 Å². The van der Waals surface area contributed by atoms with Crippen molar-refractivity contribution >= 4 is 29.0 Å². The fraction of sp³-hybridized carbons (Fsp3) is 0.333. The molecule has 0 radical (unpaired) electrons. The smallest absolute Gasteiger partial charge is 0.410 e. The van der Waals surface area contributed by atoms with E-state index in [4.69, 9.17) is 21.1 Å². The summed E-state index contributed by atoms with van der Waals surface area (Å²) in [6.45, 7) is 1.57. The fourth-order valence-electron chi connectivity index (χ4n) is 4.09. The van der Waals surface area contributed by atoms with Crippen LogP contribution in [0.1, 0.15) is 53.1 Å². The summed E-state index contributed by atoms with van der Waals surface area (Å²) in [5.41, 5.74) is 1.05. The maximum atomic E-state index is 14.1. The zero-order valence-electron chi connectivity index (χ0n) is 19.6. The molecule has 0 aliphatic carbocycles. The van der Waals surface area contributed by atoms with Gasteiger partial charge in [0.25, 0.3) is 5.91 Å². The van der Waals surface area contributed by atoms with Gasteiger partial charge in [0.05, 0.1) is 26.4 Å². The molecule has 1 aliphatic rings. The van der Waals surface area contributed by atoms with Crippen molar-refractivity contribution in [3.05, 3.63) is 64.3 Å². The third-order valence-electron chi connectivity index (χ3n) is 5.95. The Balaban J connectivity index is 1.69. The molecular weight excluding hydrogens is 501 g/mol. The number of aromatic nitrogens is 2. The summed E-state index contributed by atoms with van der Waals surface area (Å²) in [6.07, 6.45) is -5.81. The molecule has 3 aromatic rings. The summed E-state index contributed by atoms with van der Waals surface area (Å²) < 4.78 is 53.4. The van der Waals surface area contributed by atoms with E-state index in [1.165, 1.54) is 14.2 Å². The lowest BCUT2D eigenvalue weighted by atomic mass is 9.96. The molecular formula is C24H24ClF3N4O4. The first kappa shape index (κ1) is 25.6. The minimum Gasteiger partial charge on any atom is -0.493 e. The zero-order valence-corrected chi connectivity index (χ0v) is 20.3. The van der Waals surface area contributed by atoms with Crippen LogP contribution < -0.4 is 20.1 Å². The minimum absolute atomic E-state index is 0.118. The van der Waals surface area contributed by atoms with Gasteiger partial charge in [0, 0.05) is 12.1 Å². The monoisotopic (exact) mass is 524 g/mol. The van der Waals surface area contributed by atoms with E-state index in [2.05, 4.69) is 15.7 Å². The predicted molar refractivity (Wildman–Crippen MR) is 128 cm³/mol. The maximum absolute atomic E-state index is 14.1. The second-order valence-electron chi connectivity index (χ2n) is 8.32. The van der Waals surface area contributed by atoms with Gasteiger partial charge in [0.15, 0.2) is 23.2 Å². The minimum atomic E-state index is -4.65. The number of nitrogens with zero attached hydrogens (tertiary/aromatic N) is 2. The molecule has 12 heteroatoms. The highest BCUT2D eigenvalue weighted by atomic mass is 35.5. The fourth-order valence-corrected chi connectivity index (χ4v) is 4.35. The van der Waals surface area contributed by atoms with Crippen LogP contribution in [0.3, 0.4) is 0 Å². The Morgan fingerprint density at radius 1 is 1.22 bits per heavy atom. The molecule has 0 bridgehead atoms. The van der Waals surface area contributed by atoms with E-state index in [0.717, 1.165) is 0 Å². The van der Waals surface area contributed by atoms with Gasteiger partial charge < -0.3 is 25.2 Å². The number of halogens is 4. The highest BCUT2D eigenvalue weighted by molar-refractivity contribution is 6.36. The van der Waals surface area contributed by atoms with Gasteiger partial charge in [-0.15, -0.1) is 0 Å². The Morgan fingerprint density at radius 2 is 1.94 bits per heavy atom. The molecule has 2 aromatic carbocycles. The van der Waals surface area contributed by atoms with E-state index < -0.39 is 30.3 Å². The number of anilines is 2. The predicted octanol–water partition coefficient (Wildman–Crippen LogP) is 5.52. The molecule has 1 aliphatic heterocycles. The van der Waals surface area contributed by atoms with Crippen LogP contribution in [0.2, 0.25) is 5.02 Å². The number of methoxy groups -OCH3 is 2. The van der Waals surface area contributed by atoms with Crippen LogP contribution in [0.25, 0.3) is 0 Å². The number of aliphatic hydroxyl groups excluding tert-OH is 1. The van der Waals surface area contributed by atoms with Crippen LogP contribution >= 0.6 is 11.6 Å². The lowest BCUT2D eigenvalue weighted by molar-refractivity contribution is -0.173. The van der Waals surface area contributed by atoms with E-state index in [0.29, 0.717) is 33.0 Å². The summed E-state index contributed by atoms with van der Waals surface area (Å²) in [7, 11) is 2.89. The van der Waals surface area contributed by atoms with Crippen LogP contribution in [0.4, 0.5) is 24.7 Å². The normalized spacial score (nSPS) is 18.1. The summed E-state index contributed by atoms with van der Waals surface area (Å²) in [4.78, 5) is 12.9. The Bertz CT molecular complexity index is 1280. The van der Waals surface area contributed by atoms with E-state index in [9.17, 15) is 23.1 Å². The molecule has 4 rings (SSSR count). The maximum Gasteiger partial charge on any atom is 0.410 e. The van der Waals surface area contributed by atoms with Crippen molar-refractivity contribution in [1.29, 1.82) is 0 Å². The van der Waals surface area contributed by atoms with Crippen molar-refractivity contribution in [2.45, 2.75) is 37.7 Å². The number of hydrogen-bond donors (Lipinski definition) is 3. The SMILES string of the molecule is COc1ccc([C@@H]2C[C@H](C(F)(F)F)n3nc(C(=O)Nc4cccc([C@@H](C)O)c4)c(Cl)c3N2)cc1OC. The Morgan fingerprint density at radius 3 is 2.58 bits per heavy atom. The molecule has 0 saturated carbocycles. The van der Waals surface area contributed by atoms with Crippen LogP contribution in [0.5, 0.6) is 11.5 Å².